The van der Waals surface area contributed by atoms with Gasteiger partial charge in [-0.15, -0.1) is 10.2 Å². The molecule has 42 heavy (non-hydrogen) atoms. The summed E-state index contributed by atoms with van der Waals surface area (Å²) in [6, 6.07) is 11.3. The first kappa shape index (κ1) is 30.4. The van der Waals surface area contributed by atoms with Gasteiger partial charge in [0.15, 0.2) is 5.78 Å². The summed E-state index contributed by atoms with van der Waals surface area (Å²) >= 11 is 0. The first-order valence-electron chi connectivity index (χ1n) is 14.7. The third-order valence-corrected chi connectivity index (χ3v) is 8.71. The lowest BCUT2D eigenvalue weighted by molar-refractivity contribution is -0.192. The molecule has 0 saturated heterocycles. The van der Waals surface area contributed by atoms with Crippen LogP contribution in [0.15, 0.2) is 42.7 Å². The molecule has 1 fully saturated rings. The highest BCUT2D eigenvalue weighted by atomic mass is 19.3. The molecule has 0 aliphatic heterocycles. The fraction of sp³-hybridized carbons (Fsp3) is 0.531. The molecule has 5 rings (SSSR count). The van der Waals surface area contributed by atoms with Crippen molar-refractivity contribution in [3.05, 3.63) is 81.9 Å². The second-order valence-electron chi connectivity index (χ2n) is 11.9. The van der Waals surface area contributed by atoms with Gasteiger partial charge in [0.25, 0.3) is 5.92 Å². The van der Waals surface area contributed by atoms with Gasteiger partial charge in [0, 0.05) is 38.1 Å². The number of aromatic nitrogens is 3. The van der Waals surface area contributed by atoms with E-state index in [2.05, 4.69) is 21.6 Å². The maximum atomic E-state index is 14.8. The summed E-state index contributed by atoms with van der Waals surface area (Å²) in [6.45, 7) is 1.32. The van der Waals surface area contributed by atoms with Gasteiger partial charge in [-0.05, 0) is 85.4 Å². The highest BCUT2D eigenvalue weighted by molar-refractivity contribution is 5.99. The van der Waals surface area contributed by atoms with Crippen molar-refractivity contribution in [2.45, 2.75) is 89.4 Å². The zero-order valence-electron chi connectivity index (χ0n) is 24.3. The van der Waals surface area contributed by atoms with Gasteiger partial charge in [-0.2, -0.15) is 8.78 Å². The maximum absolute atomic E-state index is 14.8. The Bertz CT molecular complexity index is 1410. The lowest BCUT2D eigenvalue weighted by Gasteiger charge is -2.46. The molecule has 2 aliphatic carbocycles. The minimum atomic E-state index is -3.05. The van der Waals surface area contributed by atoms with E-state index in [1.807, 2.05) is 36.7 Å². The average Bonchev–Trinajstić information content (AvgIpc) is 3.34. The Morgan fingerprint density at radius 2 is 1.95 bits per heavy atom. The van der Waals surface area contributed by atoms with Crippen LogP contribution in [0.25, 0.3) is 0 Å². The second-order valence-corrected chi connectivity index (χ2v) is 11.9. The van der Waals surface area contributed by atoms with Gasteiger partial charge in [0.2, 0.25) is 0 Å². The molecule has 6 nitrogen and oxygen atoms in total. The number of carbonyl (C=O) groups is 1. The van der Waals surface area contributed by atoms with Gasteiger partial charge in [-0.3, -0.25) is 4.79 Å². The summed E-state index contributed by atoms with van der Waals surface area (Å²) in [7, 11) is 1.83. The van der Waals surface area contributed by atoms with Crippen LogP contribution >= 0.6 is 0 Å². The first-order valence-corrected chi connectivity index (χ1v) is 14.7. The fourth-order valence-electron chi connectivity index (χ4n) is 6.66. The number of ether oxygens (including phenoxy) is 1. The highest BCUT2D eigenvalue weighted by Crippen LogP contribution is 2.50. The molecule has 0 bridgehead atoms. The number of fused-ring (bicyclic) bond motifs is 1. The van der Waals surface area contributed by atoms with Crippen molar-refractivity contribution in [1.82, 2.24) is 20.1 Å². The topological polar surface area (TPSA) is 69.0 Å². The van der Waals surface area contributed by atoms with Gasteiger partial charge in [0.1, 0.15) is 12.2 Å². The Balaban J connectivity index is 1.33. The molecule has 2 aromatic carbocycles. The van der Waals surface area contributed by atoms with E-state index in [0.29, 0.717) is 67.6 Å². The van der Waals surface area contributed by atoms with Gasteiger partial charge in [0.05, 0.1) is 11.5 Å². The summed E-state index contributed by atoms with van der Waals surface area (Å²) in [5, 5.41) is 11.6. The Kier molecular flexibility index (Phi) is 8.85. The van der Waals surface area contributed by atoms with Gasteiger partial charge in [-0.25, -0.2) is 8.78 Å². The number of hydrogen-bond acceptors (Lipinski definition) is 5. The second kappa shape index (κ2) is 12.2. The van der Waals surface area contributed by atoms with E-state index in [-0.39, 0.29) is 17.3 Å². The molecule has 1 heterocycles. The molecule has 1 aromatic heterocycles. The predicted molar refractivity (Wildman–Crippen MR) is 151 cm³/mol. The van der Waals surface area contributed by atoms with Crippen LogP contribution in [-0.4, -0.2) is 39.8 Å². The van der Waals surface area contributed by atoms with Crippen LogP contribution < -0.4 is 5.32 Å². The monoisotopic (exact) mass is 586 g/mol. The minimum Gasteiger partial charge on any atom is -0.320 e. The van der Waals surface area contributed by atoms with Crippen molar-refractivity contribution >= 4 is 5.78 Å². The molecule has 0 amide bonds. The normalized spacial score (nSPS) is 22.3. The smallest absolute Gasteiger partial charge is 0.320 e. The van der Waals surface area contributed by atoms with E-state index in [0.717, 1.165) is 31.0 Å². The van der Waals surface area contributed by atoms with Crippen LogP contribution in [0, 0.1) is 5.92 Å². The molecule has 1 N–H and O–H groups in total. The van der Waals surface area contributed by atoms with E-state index in [4.69, 9.17) is 4.74 Å². The summed E-state index contributed by atoms with van der Waals surface area (Å²) in [5.41, 5.74) is 2.94. The molecule has 0 radical (unpaired) electrons. The van der Waals surface area contributed by atoms with Crippen molar-refractivity contribution in [2.24, 2.45) is 13.0 Å². The third-order valence-electron chi connectivity index (χ3n) is 8.71. The maximum Gasteiger partial charge on any atom is 0.345 e. The average molecular weight is 587 g/mol. The number of hydrogen-bond donors (Lipinski definition) is 1. The summed E-state index contributed by atoms with van der Waals surface area (Å²) in [6.07, 6.45) is 4.75. The number of benzene rings is 2. The number of alkyl halides is 4. The van der Waals surface area contributed by atoms with E-state index in [1.165, 1.54) is 0 Å². The molecular formula is C32H38F4N4O2. The third kappa shape index (κ3) is 6.29. The van der Waals surface area contributed by atoms with Crippen LogP contribution in [0.5, 0.6) is 0 Å². The largest absolute Gasteiger partial charge is 0.345 e. The molecular weight excluding hydrogens is 548 g/mol. The van der Waals surface area contributed by atoms with Crippen molar-refractivity contribution < 1.29 is 27.1 Å². The lowest BCUT2D eigenvalue weighted by atomic mass is 9.61. The predicted octanol–water partition coefficient (Wildman–Crippen LogP) is 6.49. The van der Waals surface area contributed by atoms with Crippen molar-refractivity contribution in [3.63, 3.8) is 0 Å². The van der Waals surface area contributed by atoms with Crippen LogP contribution in [0.1, 0.15) is 90.0 Å². The van der Waals surface area contributed by atoms with Crippen LogP contribution in [0.3, 0.4) is 0 Å². The van der Waals surface area contributed by atoms with Gasteiger partial charge in [-0.1, -0.05) is 31.2 Å². The molecule has 3 aromatic rings. The first-order chi connectivity index (χ1) is 20.0. The Morgan fingerprint density at radius 1 is 1.17 bits per heavy atom. The quantitative estimate of drug-likeness (QED) is 0.194. The molecule has 1 atom stereocenters. The van der Waals surface area contributed by atoms with Crippen LogP contribution in [-0.2, 0) is 42.5 Å². The van der Waals surface area contributed by atoms with Crippen molar-refractivity contribution in [1.29, 1.82) is 0 Å². The van der Waals surface area contributed by atoms with E-state index >= 15 is 0 Å². The molecule has 0 spiro atoms. The number of rotatable bonds is 12. The summed E-state index contributed by atoms with van der Waals surface area (Å²) in [5.74, 6) is -2.50. The Morgan fingerprint density at radius 3 is 2.62 bits per heavy atom. The summed E-state index contributed by atoms with van der Waals surface area (Å²) < 4.78 is 61.9. The minimum absolute atomic E-state index is 0.0514. The zero-order chi connectivity index (χ0) is 30.1. The molecule has 10 heteroatoms. The highest BCUT2D eigenvalue weighted by Gasteiger charge is 2.51. The number of Topliss-reactive ketones (excluding diaryl/α,β-unsaturated/α-hetero) is 1. The Hall–Kier alpha value is -3.11. The van der Waals surface area contributed by atoms with Crippen LogP contribution in [0.2, 0.25) is 0 Å². The van der Waals surface area contributed by atoms with E-state index < -0.39 is 24.1 Å². The van der Waals surface area contributed by atoms with E-state index in [9.17, 15) is 22.4 Å². The van der Waals surface area contributed by atoms with Crippen molar-refractivity contribution in [2.75, 3.05) is 6.54 Å². The zero-order valence-corrected chi connectivity index (χ0v) is 24.3. The molecule has 2 aliphatic rings. The standard InChI is InChI=1S/C32H38F4N4O2/c1-4-10-37-18-22-13-26-25(27(14-22)31(2,35)36)12-21(15-28(26)41)9-8-20-6-5-7-23(11-20)32(29-39-38-19-40(29)3)16-24(17-32)42-30(33)34/h5-7,11,13-14,19,21,24,30,37H,4,8-10,12,15-18H2,1-3H3. The summed E-state index contributed by atoms with van der Waals surface area (Å²) in [4.78, 5) is 13.2. The molecule has 226 valence electrons. The number of nitrogens with one attached hydrogen (secondary N) is 1. The van der Waals surface area contributed by atoms with Gasteiger partial charge < -0.3 is 14.6 Å². The van der Waals surface area contributed by atoms with Gasteiger partial charge >= 0.3 is 6.61 Å². The SMILES string of the molecule is CCCNCc1cc2c(c(C(C)(F)F)c1)CC(CCc1cccc(C3(c4nncn4C)CC(OC(F)F)C3)c1)CC2=O. The van der Waals surface area contributed by atoms with Crippen molar-refractivity contribution in [3.8, 4) is 0 Å². The number of ketones is 1. The van der Waals surface area contributed by atoms with Crippen LogP contribution in [0.4, 0.5) is 17.6 Å². The lowest BCUT2D eigenvalue weighted by Crippen LogP contribution is -2.49. The number of halogens is 4. The number of nitrogens with zero attached hydrogens (tertiary/aromatic N) is 3. The van der Waals surface area contributed by atoms with E-state index in [1.54, 1.807) is 18.5 Å². The fourth-order valence-corrected chi connectivity index (χ4v) is 6.66. The number of carbonyl (C=O) groups excluding carboxylic acids is 1. The molecule has 1 saturated carbocycles. The Labute approximate surface area is 243 Å². The number of aryl methyl sites for hydroxylation is 2. The molecule has 1 unspecified atom stereocenters.